The van der Waals surface area contributed by atoms with Gasteiger partial charge in [0.25, 0.3) is 0 Å². The number of unbranched alkanes of at least 4 members (excludes halogenated alkanes) is 3. The normalized spacial score (nSPS) is 10.1. The second-order valence-electron chi connectivity index (χ2n) is 5.56. The molecule has 0 unspecified atom stereocenters. The second kappa shape index (κ2) is 17.0. The Kier molecular flexibility index (Phi) is 20.4. The predicted octanol–water partition coefficient (Wildman–Crippen LogP) is 6.25. The minimum atomic E-state index is -0.839. The van der Waals surface area contributed by atoms with Gasteiger partial charge in [-0.3, -0.25) is 8.80 Å². The standard InChI is InChI=1S/3C4H9.C3H9Si.Sn/c3*1-3-4-2;1-4(2)3;/h3*1,3-4H2,2H3;1-3H3;/q;;;-1;+1. The molecule has 2 heteroatoms. The molecule has 0 amide bonds. The first-order valence-corrected chi connectivity index (χ1v) is 16.7. The minimum absolute atomic E-state index is 0.120. The zero-order valence-electron chi connectivity index (χ0n) is 13.4. The SMILES string of the molecule is CCC[CH2][Sn+]([CH2]CCC)[CH2]CCC.C[Si-](C)C. The molecule has 0 spiro atoms. The summed E-state index contributed by atoms with van der Waals surface area (Å²) in [5.74, 6) is 0. The second-order valence-corrected chi connectivity index (χ2v) is 17.1. The van der Waals surface area contributed by atoms with Crippen molar-refractivity contribution in [2.24, 2.45) is 0 Å². The minimum Gasteiger partial charge on any atom is -0.271 e. The van der Waals surface area contributed by atoms with Gasteiger partial charge in [-0.15, -0.1) is 0 Å². The third-order valence-corrected chi connectivity index (χ3v) is 11.7. The van der Waals surface area contributed by atoms with E-state index in [4.69, 9.17) is 0 Å². The van der Waals surface area contributed by atoms with Crippen molar-refractivity contribution >= 4 is 28.6 Å². The summed E-state index contributed by atoms with van der Waals surface area (Å²) in [6.07, 6.45) is 8.85. The van der Waals surface area contributed by atoms with Crippen molar-refractivity contribution in [3.8, 4) is 0 Å². The summed E-state index contributed by atoms with van der Waals surface area (Å²) >= 11 is -0.839. The van der Waals surface area contributed by atoms with E-state index in [1.165, 1.54) is 38.5 Å². The first-order valence-electron chi connectivity index (χ1n) is 7.68. The third-order valence-electron chi connectivity index (χ3n) is 2.65. The molecule has 0 aliphatic heterocycles. The van der Waals surface area contributed by atoms with Gasteiger partial charge in [0, 0.05) is 0 Å². The summed E-state index contributed by atoms with van der Waals surface area (Å²) < 4.78 is 5.04. The van der Waals surface area contributed by atoms with E-state index >= 15 is 0 Å². The zero-order valence-corrected chi connectivity index (χ0v) is 17.2. The summed E-state index contributed by atoms with van der Waals surface area (Å²) in [4.78, 5) is 0. The maximum atomic E-state index is 2.33. The van der Waals surface area contributed by atoms with Crippen LogP contribution in [0.1, 0.15) is 59.3 Å². The number of rotatable bonds is 9. The van der Waals surface area contributed by atoms with Crippen molar-refractivity contribution in [2.75, 3.05) is 0 Å². The van der Waals surface area contributed by atoms with Crippen LogP contribution < -0.4 is 0 Å². The Morgan fingerprint density at radius 1 is 0.647 bits per heavy atom. The van der Waals surface area contributed by atoms with Crippen LogP contribution in [0.25, 0.3) is 0 Å². The van der Waals surface area contributed by atoms with Crippen LogP contribution in [0.4, 0.5) is 0 Å². The Morgan fingerprint density at radius 2 is 0.882 bits per heavy atom. The fraction of sp³-hybridized carbons (Fsp3) is 1.00. The van der Waals surface area contributed by atoms with Crippen LogP contribution in [0.2, 0.25) is 33.0 Å². The Hall–Kier alpha value is 1.02. The molecule has 0 nitrogen and oxygen atoms in total. The average molecular weight is 363 g/mol. The van der Waals surface area contributed by atoms with Gasteiger partial charge in [0.15, 0.2) is 0 Å². The van der Waals surface area contributed by atoms with Gasteiger partial charge in [0.2, 0.25) is 0 Å². The van der Waals surface area contributed by atoms with Crippen LogP contribution in [0, 0.1) is 0 Å². The van der Waals surface area contributed by atoms with Gasteiger partial charge >= 0.3 is 92.4 Å². The average Bonchev–Trinajstić information content (AvgIpc) is 2.27. The number of hydrogen-bond donors (Lipinski definition) is 0. The molecule has 0 aromatic rings. The molecule has 0 aromatic carbocycles. The van der Waals surface area contributed by atoms with E-state index in [0.717, 1.165) is 0 Å². The van der Waals surface area contributed by atoms with E-state index in [1.807, 2.05) is 0 Å². The molecule has 0 saturated carbocycles. The molecule has 0 atom stereocenters. The maximum Gasteiger partial charge on any atom is -0.194 e. The Balaban J connectivity index is 0. The Morgan fingerprint density at radius 3 is 1.06 bits per heavy atom. The third kappa shape index (κ3) is 22.6. The topological polar surface area (TPSA) is 0 Å². The van der Waals surface area contributed by atoms with Gasteiger partial charge in [-0.05, 0) is 0 Å². The van der Waals surface area contributed by atoms with E-state index in [0.29, 0.717) is 0 Å². The largest absolute Gasteiger partial charge is 0.271 e. The molecule has 0 N–H and O–H groups in total. The Labute approximate surface area is 120 Å². The predicted molar refractivity (Wildman–Crippen MR) is 88.2 cm³/mol. The van der Waals surface area contributed by atoms with Crippen molar-refractivity contribution in [1.29, 1.82) is 0 Å². The molecule has 104 valence electrons. The van der Waals surface area contributed by atoms with Gasteiger partial charge in [-0.25, -0.2) is 0 Å². The van der Waals surface area contributed by atoms with Crippen LogP contribution in [0.15, 0.2) is 0 Å². The van der Waals surface area contributed by atoms with Crippen molar-refractivity contribution < 1.29 is 0 Å². The molecule has 17 heavy (non-hydrogen) atoms. The van der Waals surface area contributed by atoms with E-state index in [9.17, 15) is 0 Å². The fourth-order valence-electron chi connectivity index (χ4n) is 1.66. The molecule has 0 bridgehead atoms. The summed E-state index contributed by atoms with van der Waals surface area (Å²) in [5, 5.41) is 0. The summed E-state index contributed by atoms with van der Waals surface area (Å²) in [6, 6.07) is 0. The van der Waals surface area contributed by atoms with Gasteiger partial charge < -0.3 is 0 Å². The van der Waals surface area contributed by atoms with Crippen LogP contribution in [-0.2, 0) is 0 Å². The fourth-order valence-corrected chi connectivity index (χ4v) is 11.1. The van der Waals surface area contributed by atoms with Crippen molar-refractivity contribution in [3.05, 3.63) is 0 Å². The molecule has 0 aliphatic rings. The molecular weight excluding hydrogens is 327 g/mol. The van der Waals surface area contributed by atoms with Gasteiger partial charge in [0.05, 0.1) is 0 Å². The van der Waals surface area contributed by atoms with Gasteiger partial charge in [0.1, 0.15) is 0 Å². The van der Waals surface area contributed by atoms with Crippen LogP contribution >= 0.6 is 0 Å². The van der Waals surface area contributed by atoms with E-state index in [2.05, 4.69) is 40.4 Å². The molecule has 0 aromatic heterocycles. The molecule has 0 aliphatic carbocycles. The van der Waals surface area contributed by atoms with Crippen LogP contribution in [-0.4, -0.2) is 28.6 Å². The smallest absolute Gasteiger partial charge is 0.194 e. The van der Waals surface area contributed by atoms with Crippen molar-refractivity contribution in [3.63, 3.8) is 0 Å². The van der Waals surface area contributed by atoms with Gasteiger partial charge in [-0.2, -0.15) is 19.6 Å². The molecule has 0 radical (unpaired) electrons. The monoisotopic (exact) mass is 364 g/mol. The van der Waals surface area contributed by atoms with E-state index in [1.54, 1.807) is 13.3 Å². The quantitative estimate of drug-likeness (QED) is 0.425. The number of hydrogen-bond acceptors (Lipinski definition) is 0. The first-order chi connectivity index (χ1) is 8.08. The van der Waals surface area contributed by atoms with Crippen molar-refractivity contribution in [2.45, 2.75) is 92.2 Å². The first kappa shape index (κ1) is 20.3. The summed E-state index contributed by atoms with van der Waals surface area (Å²) in [6.45, 7) is 13.8. The zero-order chi connectivity index (χ0) is 13.5. The maximum absolute atomic E-state index is 2.33. The molecule has 0 fully saturated rings. The van der Waals surface area contributed by atoms with E-state index in [-0.39, 0.29) is 8.80 Å². The summed E-state index contributed by atoms with van der Waals surface area (Å²) in [7, 11) is 0.120. The van der Waals surface area contributed by atoms with E-state index < -0.39 is 19.8 Å². The van der Waals surface area contributed by atoms with Gasteiger partial charge in [-0.1, -0.05) is 0 Å². The molecule has 0 rings (SSSR count). The molecule has 0 heterocycles. The molecular formula is C15H36SiSn. The van der Waals surface area contributed by atoms with Crippen LogP contribution in [0.3, 0.4) is 0 Å². The van der Waals surface area contributed by atoms with Crippen LogP contribution in [0.5, 0.6) is 0 Å². The van der Waals surface area contributed by atoms with Crippen molar-refractivity contribution in [1.82, 2.24) is 0 Å². The molecule has 0 saturated heterocycles. The Bertz CT molecular complexity index is 104. The summed E-state index contributed by atoms with van der Waals surface area (Å²) in [5.41, 5.74) is 0.